The Kier molecular flexibility index (Phi) is 5.30. The van der Waals surface area contributed by atoms with Crippen molar-refractivity contribution in [2.24, 2.45) is 0 Å². The van der Waals surface area contributed by atoms with E-state index in [0.717, 1.165) is 17.2 Å². The quantitative estimate of drug-likeness (QED) is 0.499. The normalized spacial score (nSPS) is 17.5. The van der Waals surface area contributed by atoms with Crippen LogP contribution in [0, 0.1) is 11.6 Å². The summed E-state index contributed by atoms with van der Waals surface area (Å²) in [6.45, 7) is 5.42. The van der Waals surface area contributed by atoms with Crippen molar-refractivity contribution in [3.8, 4) is 0 Å². The molecule has 1 N–H and O–H groups in total. The van der Waals surface area contributed by atoms with E-state index in [0.29, 0.717) is 24.8 Å². The van der Waals surface area contributed by atoms with Crippen molar-refractivity contribution in [1.82, 2.24) is 30.1 Å². The summed E-state index contributed by atoms with van der Waals surface area (Å²) in [5, 5.41) is 12.1. The third-order valence-corrected chi connectivity index (χ3v) is 6.13. The van der Waals surface area contributed by atoms with Gasteiger partial charge in [-0.2, -0.15) is 0 Å². The summed E-state index contributed by atoms with van der Waals surface area (Å²) in [7, 11) is 0. The van der Waals surface area contributed by atoms with Crippen LogP contribution in [0.25, 0.3) is 0 Å². The van der Waals surface area contributed by atoms with Crippen LogP contribution in [-0.4, -0.2) is 36.6 Å². The molecule has 0 amide bonds. The Morgan fingerprint density at radius 3 is 2.56 bits per heavy atom. The maximum atomic E-state index is 15.1. The van der Waals surface area contributed by atoms with E-state index in [2.05, 4.69) is 51.4 Å². The minimum Gasteiger partial charge on any atom is -0.367 e. The van der Waals surface area contributed by atoms with E-state index in [1.54, 1.807) is 4.68 Å². The molecule has 2 atom stereocenters. The topological polar surface area (TPSA) is 62.6 Å². The third kappa shape index (κ3) is 3.50. The van der Waals surface area contributed by atoms with E-state index >= 15 is 4.39 Å². The fraction of sp³-hybridized carbons (Fsp3) is 0.292. The van der Waals surface area contributed by atoms with Crippen molar-refractivity contribution in [2.45, 2.75) is 38.4 Å². The lowest BCUT2D eigenvalue weighted by atomic mass is 9.89. The highest BCUT2D eigenvalue weighted by atomic mass is 19.1. The first-order valence-corrected chi connectivity index (χ1v) is 10.7. The predicted molar refractivity (Wildman–Crippen MR) is 116 cm³/mol. The molecule has 0 saturated carbocycles. The average Bonchev–Trinajstić information content (AvgIpc) is 3.46. The molecule has 164 valence electrons. The van der Waals surface area contributed by atoms with E-state index in [-0.39, 0.29) is 11.6 Å². The number of halogens is 2. The first kappa shape index (κ1) is 20.5. The number of aromatic amines is 1. The fourth-order valence-corrected chi connectivity index (χ4v) is 4.68. The van der Waals surface area contributed by atoms with Gasteiger partial charge in [-0.1, -0.05) is 44.2 Å². The molecule has 4 aromatic rings. The van der Waals surface area contributed by atoms with Crippen LogP contribution in [0.2, 0.25) is 0 Å². The highest BCUT2D eigenvalue weighted by molar-refractivity contribution is 5.39. The maximum Gasteiger partial charge on any atom is 0.173 e. The number of hydrogen-bond donors (Lipinski definition) is 1. The Hall–Kier alpha value is -3.39. The van der Waals surface area contributed by atoms with E-state index in [1.165, 1.54) is 17.7 Å². The van der Waals surface area contributed by atoms with Crippen LogP contribution in [-0.2, 0) is 6.54 Å². The van der Waals surface area contributed by atoms with Crippen molar-refractivity contribution in [3.05, 3.63) is 101 Å². The molecule has 0 spiro atoms. The van der Waals surface area contributed by atoms with Gasteiger partial charge in [-0.15, -0.1) is 5.10 Å². The predicted octanol–water partition coefficient (Wildman–Crippen LogP) is 4.60. The molecular formula is C24H24F2N6. The van der Waals surface area contributed by atoms with Crippen molar-refractivity contribution >= 4 is 0 Å². The summed E-state index contributed by atoms with van der Waals surface area (Å²) in [6.07, 6.45) is 4.02. The van der Waals surface area contributed by atoms with Crippen molar-refractivity contribution in [1.29, 1.82) is 0 Å². The van der Waals surface area contributed by atoms with Gasteiger partial charge in [0.25, 0.3) is 0 Å². The standard InChI is InChI=1S/C24H24F2N6/c1-15(2)19-13-27-14-20(19)22(16-6-4-3-5-7-16)31-10-11-32-24(28-29-30-32)23(31)18-12-17(25)8-9-21(18)26/h3-9,12-15,22-23,27H,10-11H2,1-2H3. The molecule has 2 aromatic carbocycles. The van der Waals surface area contributed by atoms with Gasteiger partial charge >= 0.3 is 0 Å². The number of rotatable bonds is 5. The maximum absolute atomic E-state index is 15.1. The smallest absolute Gasteiger partial charge is 0.173 e. The molecule has 8 heteroatoms. The van der Waals surface area contributed by atoms with Gasteiger partial charge in [-0.25, -0.2) is 13.5 Å². The number of H-pyrrole nitrogens is 1. The van der Waals surface area contributed by atoms with Crippen LogP contribution < -0.4 is 0 Å². The number of nitrogens with one attached hydrogen (secondary N) is 1. The molecule has 32 heavy (non-hydrogen) atoms. The molecule has 2 aromatic heterocycles. The molecule has 5 rings (SSSR count). The summed E-state index contributed by atoms with van der Waals surface area (Å²) in [6, 6.07) is 12.8. The number of hydrogen-bond acceptors (Lipinski definition) is 4. The van der Waals surface area contributed by atoms with E-state index in [1.807, 2.05) is 30.6 Å². The number of benzene rings is 2. The molecule has 0 saturated heterocycles. The summed E-state index contributed by atoms with van der Waals surface area (Å²) < 4.78 is 31.0. The molecule has 0 aliphatic carbocycles. The number of aromatic nitrogens is 5. The Bertz CT molecular complexity index is 1220. The average molecular weight is 434 g/mol. The van der Waals surface area contributed by atoms with Crippen LogP contribution in [0.1, 0.15) is 59.9 Å². The second-order valence-corrected chi connectivity index (χ2v) is 8.40. The molecule has 0 bridgehead atoms. The van der Waals surface area contributed by atoms with Crippen LogP contribution in [0.4, 0.5) is 8.78 Å². The Morgan fingerprint density at radius 1 is 1.00 bits per heavy atom. The number of fused-ring (bicyclic) bond motifs is 1. The summed E-state index contributed by atoms with van der Waals surface area (Å²) >= 11 is 0. The van der Waals surface area contributed by atoms with E-state index < -0.39 is 17.7 Å². The summed E-state index contributed by atoms with van der Waals surface area (Å²) in [5.41, 5.74) is 3.58. The van der Waals surface area contributed by atoms with Crippen molar-refractivity contribution in [3.63, 3.8) is 0 Å². The lowest BCUT2D eigenvalue weighted by Crippen LogP contribution is -2.42. The largest absolute Gasteiger partial charge is 0.367 e. The van der Waals surface area contributed by atoms with Crippen LogP contribution >= 0.6 is 0 Å². The molecule has 3 heterocycles. The van der Waals surface area contributed by atoms with E-state index in [9.17, 15) is 4.39 Å². The van der Waals surface area contributed by atoms with Gasteiger partial charge in [-0.3, -0.25) is 4.90 Å². The zero-order chi connectivity index (χ0) is 22.2. The lowest BCUT2D eigenvalue weighted by molar-refractivity contribution is 0.132. The van der Waals surface area contributed by atoms with Gasteiger partial charge in [0.2, 0.25) is 0 Å². The van der Waals surface area contributed by atoms with Crippen LogP contribution in [0.3, 0.4) is 0 Å². The minimum absolute atomic E-state index is 0.196. The second kappa shape index (κ2) is 8.27. The van der Waals surface area contributed by atoms with Gasteiger partial charge in [-0.05, 0) is 51.2 Å². The van der Waals surface area contributed by atoms with Crippen molar-refractivity contribution in [2.75, 3.05) is 6.54 Å². The van der Waals surface area contributed by atoms with Gasteiger partial charge in [0, 0.05) is 24.5 Å². The summed E-state index contributed by atoms with van der Waals surface area (Å²) in [4.78, 5) is 5.43. The van der Waals surface area contributed by atoms with Gasteiger partial charge in [0.1, 0.15) is 17.7 Å². The first-order valence-electron chi connectivity index (χ1n) is 10.7. The first-order chi connectivity index (χ1) is 15.5. The number of tetrazole rings is 1. The molecule has 2 unspecified atom stereocenters. The van der Waals surface area contributed by atoms with Crippen LogP contribution in [0.5, 0.6) is 0 Å². The fourth-order valence-electron chi connectivity index (χ4n) is 4.68. The highest BCUT2D eigenvalue weighted by Gasteiger charge is 2.39. The molecule has 1 aliphatic heterocycles. The van der Waals surface area contributed by atoms with Gasteiger partial charge in [0.05, 0.1) is 12.6 Å². The zero-order valence-electron chi connectivity index (χ0n) is 17.9. The highest BCUT2D eigenvalue weighted by Crippen LogP contribution is 2.42. The Balaban J connectivity index is 1.72. The molecule has 6 nitrogen and oxygen atoms in total. The lowest BCUT2D eigenvalue weighted by Gasteiger charge is -2.41. The molecule has 0 fully saturated rings. The van der Waals surface area contributed by atoms with E-state index in [4.69, 9.17) is 0 Å². The Labute approximate surface area is 184 Å². The summed E-state index contributed by atoms with van der Waals surface area (Å²) in [5.74, 6) is -0.181. The SMILES string of the molecule is CC(C)c1c[nH]cc1C(c1ccccc1)N1CCn2nnnc2C1c1cc(F)ccc1F. The Morgan fingerprint density at radius 2 is 1.78 bits per heavy atom. The monoisotopic (exact) mass is 434 g/mol. The molecular weight excluding hydrogens is 410 g/mol. The number of nitrogens with zero attached hydrogens (tertiary/aromatic N) is 5. The van der Waals surface area contributed by atoms with Crippen LogP contribution in [0.15, 0.2) is 60.9 Å². The molecule has 0 radical (unpaired) electrons. The molecule has 1 aliphatic rings. The zero-order valence-corrected chi connectivity index (χ0v) is 17.9. The van der Waals surface area contributed by atoms with Gasteiger partial charge in [0.15, 0.2) is 5.82 Å². The third-order valence-electron chi connectivity index (χ3n) is 6.13. The van der Waals surface area contributed by atoms with Gasteiger partial charge < -0.3 is 4.98 Å². The second-order valence-electron chi connectivity index (χ2n) is 8.40. The minimum atomic E-state index is -0.644. The van der Waals surface area contributed by atoms with Crippen molar-refractivity contribution < 1.29 is 8.78 Å².